The van der Waals surface area contributed by atoms with Crippen molar-refractivity contribution in [1.82, 2.24) is 5.32 Å². The number of benzene rings is 1. The Morgan fingerprint density at radius 3 is 2.00 bits per heavy atom. The molecule has 1 rings (SSSR count). The molecule has 0 saturated carbocycles. The van der Waals surface area contributed by atoms with Gasteiger partial charge in [-0.2, -0.15) is 0 Å². The van der Waals surface area contributed by atoms with Crippen LogP contribution in [0.5, 0.6) is 5.75 Å². The number of hydrogen-bond acceptors (Lipinski definition) is 2. The highest BCUT2D eigenvalue weighted by Crippen LogP contribution is 2.34. The van der Waals surface area contributed by atoms with Crippen LogP contribution in [0.3, 0.4) is 0 Å². The molecule has 0 bridgehead atoms. The third-order valence-electron chi connectivity index (χ3n) is 3.67. The van der Waals surface area contributed by atoms with Crippen molar-refractivity contribution in [2.24, 2.45) is 0 Å². The summed E-state index contributed by atoms with van der Waals surface area (Å²) in [4.78, 5) is 0. The molecule has 0 heterocycles. The molecule has 0 fully saturated rings. The van der Waals surface area contributed by atoms with E-state index in [4.69, 9.17) is 4.74 Å². The quantitative estimate of drug-likeness (QED) is 0.757. The summed E-state index contributed by atoms with van der Waals surface area (Å²) in [5.41, 5.74) is 1.70. The number of rotatable bonds is 8. The SMILES string of the molecule is CCCC(CCC)(CNC)c1ccc(OC)cc1. The minimum absolute atomic E-state index is 0.268. The van der Waals surface area contributed by atoms with Crippen molar-refractivity contribution in [2.75, 3.05) is 20.7 Å². The molecule has 2 heteroatoms. The summed E-state index contributed by atoms with van der Waals surface area (Å²) in [5.74, 6) is 0.935. The van der Waals surface area contributed by atoms with Crippen LogP contribution >= 0.6 is 0 Å². The van der Waals surface area contributed by atoms with Gasteiger partial charge in [-0.05, 0) is 37.6 Å². The Balaban J connectivity index is 3.04. The first-order chi connectivity index (χ1) is 8.72. The van der Waals surface area contributed by atoms with E-state index in [9.17, 15) is 0 Å². The molecule has 0 atom stereocenters. The van der Waals surface area contributed by atoms with Crippen LogP contribution in [-0.4, -0.2) is 20.7 Å². The maximum Gasteiger partial charge on any atom is 0.118 e. The summed E-state index contributed by atoms with van der Waals surface area (Å²) in [7, 11) is 3.76. The van der Waals surface area contributed by atoms with Gasteiger partial charge in [0.25, 0.3) is 0 Å². The molecule has 0 amide bonds. The van der Waals surface area contributed by atoms with Gasteiger partial charge in [0.2, 0.25) is 0 Å². The van der Waals surface area contributed by atoms with Crippen LogP contribution in [0.4, 0.5) is 0 Å². The topological polar surface area (TPSA) is 21.3 Å². The fraction of sp³-hybridized carbons (Fsp3) is 0.625. The zero-order valence-electron chi connectivity index (χ0n) is 12.3. The maximum atomic E-state index is 5.25. The summed E-state index contributed by atoms with van der Waals surface area (Å²) < 4.78 is 5.25. The molecule has 0 unspecified atom stereocenters. The summed E-state index contributed by atoms with van der Waals surface area (Å²) in [6.45, 7) is 5.58. The lowest BCUT2D eigenvalue weighted by Gasteiger charge is -2.34. The van der Waals surface area contributed by atoms with Crippen LogP contribution in [0.25, 0.3) is 0 Å². The highest BCUT2D eigenvalue weighted by atomic mass is 16.5. The molecule has 2 nitrogen and oxygen atoms in total. The second-order valence-corrected chi connectivity index (χ2v) is 5.04. The summed E-state index contributed by atoms with van der Waals surface area (Å²) in [6.07, 6.45) is 4.89. The summed E-state index contributed by atoms with van der Waals surface area (Å²) in [6, 6.07) is 8.60. The molecule has 0 aliphatic carbocycles. The Labute approximate surface area is 112 Å². The predicted octanol–water partition coefficient (Wildman–Crippen LogP) is 3.75. The zero-order valence-corrected chi connectivity index (χ0v) is 12.3. The van der Waals surface area contributed by atoms with Crippen LogP contribution in [-0.2, 0) is 5.41 Å². The highest BCUT2D eigenvalue weighted by Gasteiger charge is 2.29. The monoisotopic (exact) mass is 249 g/mol. The van der Waals surface area contributed by atoms with Crippen LogP contribution < -0.4 is 10.1 Å². The standard InChI is InChI=1S/C16H27NO/c1-5-11-16(12-6-2,13-17-3)14-7-9-15(18-4)10-8-14/h7-10,17H,5-6,11-13H2,1-4H3. The average Bonchev–Trinajstić information content (AvgIpc) is 2.39. The van der Waals surface area contributed by atoms with E-state index < -0.39 is 0 Å². The molecule has 1 aromatic rings. The lowest BCUT2D eigenvalue weighted by atomic mass is 9.73. The summed E-state index contributed by atoms with van der Waals surface area (Å²) >= 11 is 0. The molecular weight excluding hydrogens is 222 g/mol. The van der Waals surface area contributed by atoms with E-state index >= 15 is 0 Å². The minimum Gasteiger partial charge on any atom is -0.497 e. The van der Waals surface area contributed by atoms with E-state index in [1.165, 1.54) is 31.2 Å². The van der Waals surface area contributed by atoms with E-state index in [2.05, 4.69) is 43.4 Å². The average molecular weight is 249 g/mol. The molecule has 0 aromatic heterocycles. The van der Waals surface area contributed by atoms with Crippen molar-refractivity contribution >= 4 is 0 Å². The summed E-state index contributed by atoms with van der Waals surface area (Å²) in [5, 5.41) is 3.37. The van der Waals surface area contributed by atoms with Crippen molar-refractivity contribution in [3.8, 4) is 5.75 Å². The number of likely N-dealkylation sites (N-methyl/N-ethyl adjacent to an activating group) is 1. The molecular formula is C16H27NO. The first kappa shape index (κ1) is 15.0. The van der Waals surface area contributed by atoms with E-state index in [0.29, 0.717) is 0 Å². The third kappa shape index (κ3) is 3.49. The van der Waals surface area contributed by atoms with Crippen molar-refractivity contribution in [1.29, 1.82) is 0 Å². The van der Waals surface area contributed by atoms with Crippen LogP contribution in [0.2, 0.25) is 0 Å². The molecule has 0 spiro atoms. The van der Waals surface area contributed by atoms with Gasteiger partial charge in [-0.15, -0.1) is 0 Å². The first-order valence-electron chi connectivity index (χ1n) is 7.01. The van der Waals surface area contributed by atoms with Gasteiger partial charge in [0.1, 0.15) is 5.75 Å². The van der Waals surface area contributed by atoms with E-state index in [-0.39, 0.29) is 5.41 Å². The van der Waals surface area contributed by atoms with Gasteiger partial charge < -0.3 is 10.1 Å². The van der Waals surface area contributed by atoms with Crippen molar-refractivity contribution in [3.63, 3.8) is 0 Å². The lowest BCUT2D eigenvalue weighted by Crippen LogP contribution is -2.36. The molecule has 102 valence electrons. The number of methoxy groups -OCH3 is 1. The van der Waals surface area contributed by atoms with Gasteiger partial charge in [0.05, 0.1) is 7.11 Å². The van der Waals surface area contributed by atoms with E-state index in [1.807, 2.05) is 7.05 Å². The van der Waals surface area contributed by atoms with Gasteiger partial charge in [-0.3, -0.25) is 0 Å². The Hall–Kier alpha value is -1.02. The van der Waals surface area contributed by atoms with Crippen molar-refractivity contribution < 1.29 is 4.74 Å². The highest BCUT2D eigenvalue weighted by molar-refractivity contribution is 5.33. The van der Waals surface area contributed by atoms with Gasteiger partial charge in [-0.1, -0.05) is 38.8 Å². The maximum absolute atomic E-state index is 5.25. The zero-order chi connectivity index (χ0) is 13.4. The predicted molar refractivity (Wildman–Crippen MR) is 78.4 cm³/mol. The molecule has 1 aromatic carbocycles. The molecule has 0 aliphatic rings. The number of hydrogen-bond donors (Lipinski definition) is 1. The van der Waals surface area contributed by atoms with Crippen molar-refractivity contribution in [2.45, 2.75) is 44.9 Å². The smallest absolute Gasteiger partial charge is 0.118 e. The Kier molecular flexibility index (Phi) is 6.20. The largest absolute Gasteiger partial charge is 0.497 e. The van der Waals surface area contributed by atoms with Gasteiger partial charge >= 0.3 is 0 Å². The molecule has 18 heavy (non-hydrogen) atoms. The Morgan fingerprint density at radius 2 is 1.61 bits per heavy atom. The van der Waals surface area contributed by atoms with Gasteiger partial charge in [0.15, 0.2) is 0 Å². The number of ether oxygens (including phenoxy) is 1. The van der Waals surface area contributed by atoms with E-state index in [1.54, 1.807) is 7.11 Å². The third-order valence-corrected chi connectivity index (χ3v) is 3.67. The fourth-order valence-electron chi connectivity index (χ4n) is 2.93. The Morgan fingerprint density at radius 1 is 1.06 bits per heavy atom. The van der Waals surface area contributed by atoms with E-state index in [0.717, 1.165) is 12.3 Å². The molecule has 0 radical (unpaired) electrons. The fourth-order valence-corrected chi connectivity index (χ4v) is 2.93. The van der Waals surface area contributed by atoms with Gasteiger partial charge in [0, 0.05) is 12.0 Å². The van der Waals surface area contributed by atoms with Crippen LogP contribution in [0.15, 0.2) is 24.3 Å². The van der Waals surface area contributed by atoms with Crippen LogP contribution in [0.1, 0.15) is 45.1 Å². The van der Waals surface area contributed by atoms with Crippen molar-refractivity contribution in [3.05, 3.63) is 29.8 Å². The minimum atomic E-state index is 0.268. The first-order valence-corrected chi connectivity index (χ1v) is 7.01. The Bertz CT molecular complexity index is 314. The van der Waals surface area contributed by atoms with Gasteiger partial charge in [-0.25, -0.2) is 0 Å². The molecule has 0 saturated heterocycles. The second-order valence-electron chi connectivity index (χ2n) is 5.04. The second kappa shape index (κ2) is 7.42. The number of nitrogens with one attached hydrogen (secondary N) is 1. The normalized spacial score (nSPS) is 11.6. The molecule has 1 N–H and O–H groups in total. The van der Waals surface area contributed by atoms with Crippen LogP contribution in [0, 0.1) is 0 Å². The lowest BCUT2D eigenvalue weighted by molar-refractivity contribution is 0.343. The molecule has 0 aliphatic heterocycles.